The van der Waals surface area contributed by atoms with Crippen LogP contribution in [0.2, 0.25) is 0 Å². The first-order valence-corrected chi connectivity index (χ1v) is 6.63. The maximum Gasteiger partial charge on any atom is 0.262 e. The third kappa shape index (κ3) is 3.05. The summed E-state index contributed by atoms with van der Waals surface area (Å²) >= 11 is 1.33. The zero-order valence-corrected chi connectivity index (χ0v) is 11.9. The summed E-state index contributed by atoms with van der Waals surface area (Å²) in [7, 11) is 0. The van der Waals surface area contributed by atoms with E-state index in [1.54, 1.807) is 0 Å². The van der Waals surface area contributed by atoms with Crippen molar-refractivity contribution in [2.75, 3.05) is 11.9 Å². The van der Waals surface area contributed by atoms with Crippen LogP contribution in [0.5, 0.6) is 0 Å². The van der Waals surface area contributed by atoms with Gasteiger partial charge in [0.2, 0.25) is 5.91 Å². The van der Waals surface area contributed by atoms with Crippen LogP contribution in [0.3, 0.4) is 0 Å². The number of aromatic nitrogens is 1. The van der Waals surface area contributed by atoms with Gasteiger partial charge in [-0.2, -0.15) is 0 Å². The predicted octanol–water partition coefficient (Wildman–Crippen LogP) is 2.65. The Hall–Kier alpha value is -1.31. The molecule has 2 aromatic rings. The van der Waals surface area contributed by atoms with E-state index in [9.17, 15) is 13.6 Å². The van der Waals surface area contributed by atoms with Gasteiger partial charge in [0.05, 0.1) is 22.8 Å². The van der Waals surface area contributed by atoms with Crippen LogP contribution in [0.4, 0.5) is 13.9 Å². The lowest BCUT2D eigenvalue weighted by molar-refractivity contribution is -0.118. The first-order chi connectivity index (χ1) is 9.03. The number of benzene rings is 1. The molecule has 20 heavy (non-hydrogen) atoms. The molecule has 1 fully saturated rings. The lowest BCUT2D eigenvalue weighted by Gasteiger charge is -2.08. The SMILES string of the molecule is Cl.O=C(Nc1nc2ccccc2s1)C1CC(F)(F)CN1. The number of carbonyl (C=O) groups is 1. The molecule has 1 atom stereocenters. The molecule has 1 unspecified atom stereocenters. The van der Waals surface area contributed by atoms with E-state index in [-0.39, 0.29) is 12.4 Å². The number of amides is 1. The van der Waals surface area contributed by atoms with Crippen molar-refractivity contribution in [1.29, 1.82) is 0 Å². The second-order valence-corrected chi connectivity index (χ2v) is 5.50. The third-order valence-electron chi connectivity index (χ3n) is 2.95. The van der Waals surface area contributed by atoms with Crippen molar-refractivity contribution in [3.8, 4) is 0 Å². The Morgan fingerprint density at radius 1 is 1.45 bits per heavy atom. The minimum Gasteiger partial charge on any atom is -0.301 e. The second kappa shape index (κ2) is 5.59. The van der Waals surface area contributed by atoms with Crippen LogP contribution in [-0.2, 0) is 4.79 Å². The number of alkyl halides is 2. The van der Waals surface area contributed by atoms with E-state index >= 15 is 0 Å². The normalized spacial score (nSPS) is 20.6. The minimum absolute atomic E-state index is 0. The molecule has 0 bridgehead atoms. The van der Waals surface area contributed by atoms with Crippen LogP contribution >= 0.6 is 23.7 Å². The first kappa shape index (κ1) is 15.1. The Morgan fingerprint density at radius 2 is 2.20 bits per heavy atom. The quantitative estimate of drug-likeness (QED) is 0.895. The number of nitrogens with zero attached hydrogens (tertiary/aromatic N) is 1. The summed E-state index contributed by atoms with van der Waals surface area (Å²) in [6.45, 7) is -0.453. The average Bonchev–Trinajstić information content (AvgIpc) is 2.91. The largest absolute Gasteiger partial charge is 0.301 e. The highest BCUT2D eigenvalue weighted by atomic mass is 35.5. The van der Waals surface area contributed by atoms with Gasteiger partial charge in [0, 0.05) is 6.42 Å². The number of thiazole rings is 1. The van der Waals surface area contributed by atoms with E-state index in [2.05, 4.69) is 15.6 Å². The van der Waals surface area contributed by atoms with Crippen LogP contribution in [0, 0.1) is 0 Å². The highest BCUT2D eigenvalue weighted by Crippen LogP contribution is 2.28. The number of fused-ring (bicyclic) bond motifs is 1. The Kier molecular flexibility index (Phi) is 4.22. The third-order valence-corrected chi connectivity index (χ3v) is 3.90. The number of nitrogens with one attached hydrogen (secondary N) is 2. The number of anilines is 1. The second-order valence-electron chi connectivity index (χ2n) is 4.47. The minimum atomic E-state index is -2.81. The predicted molar refractivity (Wildman–Crippen MR) is 76.9 cm³/mol. The van der Waals surface area contributed by atoms with Gasteiger partial charge in [-0.25, -0.2) is 13.8 Å². The number of halogens is 3. The first-order valence-electron chi connectivity index (χ1n) is 5.81. The molecule has 1 aromatic heterocycles. The van der Waals surface area contributed by atoms with Crippen molar-refractivity contribution in [2.45, 2.75) is 18.4 Å². The topological polar surface area (TPSA) is 54.0 Å². The molecule has 1 saturated heterocycles. The molecule has 4 nitrogen and oxygen atoms in total. The van der Waals surface area contributed by atoms with E-state index in [0.717, 1.165) is 10.2 Å². The molecule has 1 amide bonds. The van der Waals surface area contributed by atoms with Gasteiger partial charge < -0.3 is 5.32 Å². The highest BCUT2D eigenvalue weighted by molar-refractivity contribution is 7.22. The number of hydrogen-bond donors (Lipinski definition) is 2. The van der Waals surface area contributed by atoms with Crippen LogP contribution in [-0.4, -0.2) is 29.4 Å². The fourth-order valence-electron chi connectivity index (χ4n) is 2.02. The van der Waals surface area contributed by atoms with E-state index in [1.165, 1.54) is 11.3 Å². The molecule has 0 aliphatic carbocycles. The van der Waals surface area contributed by atoms with Crippen LogP contribution in [0.15, 0.2) is 24.3 Å². The van der Waals surface area contributed by atoms with Crippen molar-refractivity contribution in [1.82, 2.24) is 10.3 Å². The van der Waals surface area contributed by atoms with Gasteiger partial charge >= 0.3 is 0 Å². The average molecular weight is 320 g/mol. The Morgan fingerprint density at radius 3 is 2.85 bits per heavy atom. The smallest absolute Gasteiger partial charge is 0.262 e. The Balaban J connectivity index is 0.00000147. The molecule has 0 saturated carbocycles. The molecule has 1 aliphatic heterocycles. The monoisotopic (exact) mass is 319 g/mol. The van der Waals surface area contributed by atoms with Crippen molar-refractivity contribution in [3.05, 3.63) is 24.3 Å². The Bertz CT molecular complexity index is 601. The van der Waals surface area contributed by atoms with Gasteiger partial charge in [-0.15, -0.1) is 12.4 Å². The van der Waals surface area contributed by atoms with Gasteiger partial charge in [-0.1, -0.05) is 23.5 Å². The summed E-state index contributed by atoms with van der Waals surface area (Å²) in [4.78, 5) is 16.1. The summed E-state index contributed by atoms with van der Waals surface area (Å²) in [5.74, 6) is -3.27. The fraction of sp³-hybridized carbons (Fsp3) is 0.333. The lowest BCUT2D eigenvalue weighted by Crippen LogP contribution is -2.35. The maximum absolute atomic E-state index is 13.0. The molecule has 3 rings (SSSR count). The molecular formula is C12H12ClF2N3OS. The molecule has 1 aromatic carbocycles. The summed E-state index contributed by atoms with van der Waals surface area (Å²) in [5.41, 5.74) is 0.785. The van der Waals surface area contributed by atoms with Crippen molar-refractivity contribution >= 4 is 45.0 Å². The highest BCUT2D eigenvalue weighted by Gasteiger charge is 2.42. The van der Waals surface area contributed by atoms with Crippen molar-refractivity contribution in [2.24, 2.45) is 0 Å². The van der Waals surface area contributed by atoms with E-state index in [0.29, 0.717) is 5.13 Å². The van der Waals surface area contributed by atoms with Gasteiger partial charge in [0.1, 0.15) is 0 Å². The summed E-state index contributed by atoms with van der Waals surface area (Å²) < 4.78 is 27.0. The van der Waals surface area contributed by atoms with Gasteiger partial charge in [-0.3, -0.25) is 10.1 Å². The molecular weight excluding hydrogens is 308 g/mol. The zero-order chi connectivity index (χ0) is 13.5. The molecule has 2 heterocycles. The summed E-state index contributed by atoms with van der Waals surface area (Å²) in [6.07, 6.45) is -0.469. The maximum atomic E-state index is 13.0. The fourth-order valence-corrected chi connectivity index (χ4v) is 2.89. The van der Waals surface area contributed by atoms with Gasteiger partial charge in [0.25, 0.3) is 5.92 Å². The molecule has 0 radical (unpaired) electrons. The molecule has 108 valence electrons. The molecule has 2 N–H and O–H groups in total. The van der Waals surface area contributed by atoms with E-state index in [4.69, 9.17) is 0 Å². The lowest BCUT2D eigenvalue weighted by atomic mass is 10.2. The number of hydrogen-bond acceptors (Lipinski definition) is 4. The van der Waals surface area contributed by atoms with Crippen molar-refractivity contribution in [3.63, 3.8) is 0 Å². The number of rotatable bonds is 2. The number of para-hydroxylation sites is 1. The summed E-state index contributed by atoms with van der Waals surface area (Å²) in [6, 6.07) is 6.61. The zero-order valence-electron chi connectivity index (χ0n) is 10.2. The molecule has 8 heteroatoms. The van der Waals surface area contributed by atoms with E-state index in [1.807, 2.05) is 24.3 Å². The van der Waals surface area contributed by atoms with Crippen LogP contribution in [0.1, 0.15) is 6.42 Å². The van der Waals surface area contributed by atoms with Gasteiger partial charge in [0.15, 0.2) is 5.13 Å². The molecule has 0 spiro atoms. The van der Waals surface area contributed by atoms with Gasteiger partial charge in [-0.05, 0) is 12.1 Å². The van der Waals surface area contributed by atoms with Crippen molar-refractivity contribution < 1.29 is 13.6 Å². The van der Waals surface area contributed by atoms with Crippen LogP contribution in [0.25, 0.3) is 10.2 Å². The Labute approximate surface area is 124 Å². The number of carbonyl (C=O) groups excluding carboxylic acids is 1. The molecule has 1 aliphatic rings. The van der Waals surface area contributed by atoms with E-state index < -0.39 is 30.8 Å². The summed E-state index contributed by atoms with van der Waals surface area (Å²) in [5, 5.41) is 5.53. The standard InChI is InChI=1S/C12H11F2N3OS.ClH/c13-12(14)5-8(15-6-12)10(18)17-11-16-7-3-1-2-4-9(7)19-11;/h1-4,8,15H,5-6H2,(H,16,17,18);1H. The van der Waals surface area contributed by atoms with Crippen LogP contribution < -0.4 is 10.6 Å².